The van der Waals surface area contributed by atoms with Crippen LogP contribution in [0.5, 0.6) is 5.75 Å². The van der Waals surface area contributed by atoms with Crippen LogP contribution in [0, 0.1) is 0 Å². The third-order valence-corrected chi connectivity index (χ3v) is 4.17. The number of anilines is 1. The Bertz CT molecular complexity index is 1000. The fourth-order valence-corrected chi connectivity index (χ4v) is 2.84. The number of aromatic hydroxyl groups is 1. The number of hydrogen-bond acceptors (Lipinski definition) is 4. The third-order valence-electron chi connectivity index (χ3n) is 4.17. The molecule has 128 valence electrons. The van der Waals surface area contributed by atoms with Gasteiger partial charge in [0, 0.05) is 38.0 Å². The van der Waals surface area contributed by atoms with E-state index in [-0.39, 0.29) is 0 Å². The first-order valence-corrected chi connectivity index (χ1v) is 7.75. The van der Waals surface area contributed by atoms with E-state index in [1.54, 1.807) is 18.2 Å². The van der Waals surface area contributed by atoms with Crippen LogP contribution in [0.3, 0.4) is 0 Å². The van der Waals surface area contributed by atoms with E-state index in [1.165, 1.54) is 10.6 Å². The molecule has 0 saturated heterocycles. The smallest absolute Gasteiger partial charge is 0.345 e. The van der Waals surface area contributed by atoms with Gasteiger partial charge >= 0.3 is 5.97 Å². The summed E-state index contributed by atoms with van der Waals surface area (Å²) in [6.45, 7) is 0. The fraction of sp³-hybridized carbons (Fsp3) is 0.158. The van der Waals surface area contributed by atoms with Crippen LogP contribution in [-0.2, 0) is 6.42 Å². The van der Waals surface area contributed by atoms with Crippen molar-refractivity contribution in [1.29, 1.82) is 0 Å². The summed E-state index contributed by atoms with van der Waals surface area (Å²) in [5.41, 5.74) is 1.49. The normalized spacial score (nSPS) is 10.8. The van der Waals surface area contributed by atoms with Crippen molar-refractivity contribution in [2.24, 2.45) is 0 Å². The summed E-state index contributed by atoms with van der Waals surface area (Å²) in [7, 11) is 3.88. The van der Waals surface area contributed by atoms with Crippen LogP contribution in [0.1, 0.15) is 21.5 Å². The average molecular weight is 338 g/mol. The van der Waals surface area contributed by atoms with Gasteiger partial charge in [0.1, 0.15) is 5.75 Å². The van der Waals surface area contributed by atoms with E-state index in [2.05, 4.69) is 0 Å². The van der Waals surface area contributed by atoms with E-state index < -0.39 is 22.8 Å². The monoisotopic (exact) mass is 338 g/mol. The van der Waals surface area contributed by atoms with Crippen LogP contribution in [0.15, 0.2) is 53.5 Å². The molecule has 0 saturated carbocycles. The molecule has 0 amide bonds. The zero-order valence-electron chi connectivity index (χ0n) is 13.9. The molecule has 3 rings (SSSR count). The van der Waals surface area contributed by atoms with E-state index in [4.69, 9.17) is 0 Å². The molecule has 2 aromatic heterocycles. The first-order chi connectivity index (χ1) is 11.9. The number of rotatable bonds is 4. The molecule has 0 spiro atoms. The van der Waals surface area contributed by atoms with Crippen molar-refractivity contribution < 1.29 is 15.0 Å². The van der Waals surface area contributed by atoms with Crippen molar-refractivity contribution in [3.05, 3.63) is 75.7 Å². The Morgan fingerprint density at radius 3 is 2.40 bits per heavy atom. The highest BCUT2D eigenvalue weighted by Gasteiger charge is 2.22. The van der Waals surface area contributed by atoms with E-state index in [0.29, 0.717) is 17.5 Å². The van der Waals surface area contributed by atoms with Gasteiger partial charge in [-0.3, -0.25) is 9.20 Å². The Labute approximate surface area is 144 Å². The Morgan fingerprint density at radius 1 is 1.12 bits per heavy atom. The fourth-order valence-electron chi connectivity index (χ4n) is 2.84. The molecule has 0 unspecified atom stereocenters. The van der Waals surface area contributed by atoms with E-state index in [9.17, 15) is 19.8 Å². The molecule has 0 fully saturated rings. The zero-order valence-corrected chi connectivity index (χ0v) is 13.9. The van der Waals surface area contributed by atoms with Gasteiger partial charge in [0.05, 0.1) is 5.52 Å². The number of aromatic carboxylic acids is 1. The number of fused-ring (bicyclic) bond motifs is 1. The van der Waals surface area contributed by atoms with Gasteiger partial charge in [0.25, 0.3) is 5.56 Å². The predicted molar refractivity (Wildman–Crippen MR) is 95.9 cm³/mol. The second-order valence-electron chi connectivity index (χ2n) is 6.01. The molecule has 0 radical (unpaired) electrons. The summed E-state index contributed by atoms with van der Waals surface area (Å²) in [4.78, 5) is 25.7. The van der Waals surface area contributed by atoms with Gasteiger partial charge in [-0.2, -0.15) is 0 Å². The van der Waals surface area contributed by atoms with Crippen molar-refractivity contribution in [3.8, 4) is 5.75 Å². The number of hydrogen-bond donors (Lipinski definition) is 2. The SMILES string of the molecule is CN(C)c1ccc(Cc2c(O)c(C(=O)O)c(=O)n3ccccc23)cc1. The highest BCUT2D eigenvalue weighted by molar-refractivity contribution is 5.92. The van der Waals surface area contributed by atoms with Crippen molar-refractivity contribution in [2.45, 2.75) is 6.42 Å². The summed E-state index contributed by atoms with van der Waals surface area (Å²) < 4.78 is 1.26. The zero-order chi connectivity index (χ0) is 18.1. The van der Waals surface area contributed by atoms with Crippen LogP contribution in [0.4, 0.5) is 5.69 Å². The maximum absolute atomic E-state index is 12.3. The van der Waals surface area contributed by atoms with Crippen molar-refractivity contribution in [1.82, 2.24) is 4.40 Å². The van der Waals surface area contributed by atoms with Gasteiger partial charge in [-0.25, -0.2) is 4.79 Å². The molecule has 0 aliphatic carbocycles. The summed E-state index contributed by atoms with van der Waals surface area (Å²) in [6, 6.07) is 12.8. The van der Waals surface area contributed by atoms with Crippen molar-refractivity contribution in [3.63, 3.8) is 0 Å². The molecule has 2 heterocycles. The third kappa shape index (κ3) is 2.94. The standard InChI is InChI=1S/C19H18N2O4/c1-20(2)13-8-6-12(7-9-13)11-14-15-5-3-4-10-21(15)18(23)16(17(14)22)19(24)25/h3-10,22H,11H2,1-2H3,(H,24,25). The van der Waals surface area contributed by atoms with Crippen LogP contribution >= 0.6 is 0 Å². The van der Waals surface area contributed by atoms with Crippen molar-refractivity contribution >= 4 is 17.2 Å². The molecular weight excluding hydrogens is 320 g/mol. The van der Waals surface area contributed by atoms with Gasteiger partial charge in [-0.1, -0.05) is 18.2 Å². The Morgan fingerprint density at radius 2 is 1.80 bits per heavy atom. The van der Waals surface area contributed by atoms with Gasteiger partial charge in [0.2, 0.25) is 0 Å². The topological polar surface area (TPSA) is 82.2 Å². The second kappa shape index (κ2) is 6.32. The lowest BCUT2D eigenvalue weighted by Crippen LogP contribution is -2.23. The first kappa shape index (κ1) is 16.6. The Balaban J connectivity index is 2.18. The van der Waals surface area contributed by atoms with E-state index >= 15 is 0 Å². The lowest BCUT2D eigenvalue weighted by molar-refractivity contribution is 0.0691. The molecule has 2 N–H and O–H groups in total. The summed E-state index contributed by atoms with van der Waals surface area (Å²) in [5, 5.41) is 19.8. The number of carboxylic acids is 1. The van der Waals surface area contributed by atoms with E-state index in [1.807, 2.05) is 43.3 Å². The molecule has 6 nitrogen and oxygen atoms in total. The molecule has 1 aromatic carbocycles. The largest absolute Gasteiger partial charge is 0.506 e. The minimum absolute atomic E-state index is 0.313. The predicted octanol–water partition coefficient (Wildman–Crippen LogP) is 2.36. The Hall–Kier alpha value is -3.28. The lowest BCUT2D eigenvalue weighted by Gasteiger charge is -2.14. The number of pyridine rings is 2. The van der Waals surface area contributed by atoms with Crippen LogP contribution in [0.2, 0.25) is 0 Å². The molecule has 0 atom stereocenters. The second-order valence-corrected chi connectivity index (χ2v) is 6.01. The van der Waals surface area contributed by atoms with Crippen molar-refractivity contribution in [2.75, 3.05) is 19.0 Å². The molecule has 25 heavy (non-hydrogen) atoms. The molecule has 6 heteroatoms. The number of carbonyl (C=O) groups is 1. The Kier molecular flexibility index (Phi) is 4.19. The lowest BCUT2D eigenvalue weighted by atomic mass is 10.0. The first-order valence-electron chi connectivity index (χ1n) is 7.75. The number of carboxylic acid groups (broad SMARTS) is 1. The van der Waals surface area contributed by atoms with Crippen LogP contribution in [-0.4, -0.2) is 34.7 Å². The summed E-state index contributed by atoms with van der Waals surface area (Å²) in [5.74, 6) is -1.91. The van der Waals surface area contributed by atoms with Gasteiger partial charge in [-0.05, 0) is 29.8 Å². The average Bonchev–Trinajstić information content (AvgIpc) is 2.59. The van der Waals surface area contributed by atoms with Crippen LogP contribution in [0.25, 0.3) is 5.52 Å². The molecule has 0 bridgehead atoms. The number of benzene rings is 1. The maximum atomic E-state index is 12.3. The number of nitrogens with zero attached hydrogens (tertiary/aromatic N) is 2. The molecule has 0 aliphatic rings. The molecular formula is C19H18N2O4. The minimum Gasteiger partial charge on any atom is -0.506 e. The maximum Gasteiger partial charge on any atom is 0.345 e. The highest BCUT2D eigenvalue weighted by atomic mass is 16.4. The quantitative estimate of drug-likeness (QED) is 0.763. The van der Waals surface area contributed by atoms with Gasteiger partial charge < -0.3 is 15.1 Å². The minimum atomic E-state index is -1.44. The highest BCUT2D eigenvalue weighted by Crippen LogP contribution is 2.27. The summed E-state index contributed by atoms with van der Waals surface area (Å²) in [6.07, 6.45) is 1.82. The van der Waals surface area contributed by atoms with Crippen LogP contribution < -0.4 is 10.5 Å². The molecule has 3 aromatic rings. The van der Waals surface area contributed by atoms with Gasteiger partial charge in [0.15, 0.2) is 5.56 Å². The number of aromatic nitrogens is 1. The van der Waals surface area contributed by atoms with Gasteiger partial charge in [-0.15, -0.1) is 0 Å². The van der Waals surface area contributed by atoms with E-state index in [0.717, 1.165) is 11.3 Å². The molecule has 0 aliphatic heterocycles. The summed E-state index contributed by atoms with van der Waals surface area (Å²) >= 11 is 0.